The molecular formula is C32H45Br2NO6. The first-order valence-electron chi connectivity index (χ1n) is 13.9. The highest BCUT2D eigenvalue weighted by molar-refractivity contribution is 9.10. The molecule has 2 saturated heterocycles. The van der Waals surface area contributed by atoms with Gasteiger partial charge in [0, 0.05) is 53.6 Å². The van der Waals surface area contributed by atoms with Crippen LogP contribution in [-0.4, -0.2) is 65.2 Å². The van der Waals surface area contributed by atoms with E-state index in [1.54, 1.807) is 0 Å². The minimum Gasteiger partial charge on any atom is -0.465 e. The Balaban J connectivity index is 0.000000281. The van der Waals surface area contributed by atoms with Gasteiger partial charge in [0.05, 0.1) is 25.3 Å². The van der Waals surface area contributed by atoms with E-state index in [4.69, 9.17) is 18.9 Å². The summed E-state index contributed by atoms with van der Waals surface area (Å²) in [6, 6.07) is 8.30. The molecule has 0 saturated carbocycles. The number of anilines is 1. The summed E-state index contributed by atoms with van der Waals surface area (Å²) in [5.41, 5.74) is 5.59. The van der Waals surface area contributed by atoms with Crippen molar-refractivity contribution in [3.8, 4) is 0 Å². The van der Waals surface area contributed by atoms with Crippen molar-refractivity contribution in [2.75, 3.05) is 52.1 Å². The van der Waals surface area contributed by atoms with Crippen molar-refractivity contribution in [1.29, 1.82) is 0 Å². The van der Waals surface area contributed by atoms with Crippen LogP contribution >= 0.6 is 31.9 Å². The second kappa shape index (κ2) is 17.2. The third-order valence-electron chi connectivity index (χ3n) is 7.77. The lowest BCUT2D eigenvalue weighted by Crippen LogP contribution is -2.40. The molecule has 2 aromatic carbocycles. The zero-order valence-electron chi connectivity index (χ0n) is 24.2. The Hall–Kier alpha value is -1.94. The topological polar surface area (TPSA) is 74.3 Å². The van der Waals surface area contributed by atoms with Crippen LogP contribution in [0.2, 0.25) is 0 Å². The number of rotatable bonds is 7. The Morgan fingerprint density at radius 1 is 0.829 bits per heavy atom. The molecule has 2 fully saturated rings. The van der Waals surface area contributed by atoms with Gasteiger partial charge in [-0.3, -0.25) is 0 Å². The predicted molar refractivity (Wildman–Crippen MR) is 171 cm³/mol. The van der Waals surface area contributed by atoms with E-state index in [9.17, 15) is 9.59 Å². The van der Waals surface area contributed by atoms with E-state index in [2.05, 4.69) is 55.8 Å². The highest BCUT2D eigenvalue weighted by Crippen LogP contribution is 2.32. The molecule has 9 heteroatoms. The standard InChI is InChI=1S/C16H22BrNO3.C15H19BrO3.CH4/c1-4-18(13-5-7-21-8-6-13)15-10-12(17)9-14(11(15)2)16(19)20-3;1-10-12(7-11-3-5-19-6-4-11)8-13(16)9-14(10)15(17)18-2;/h9-10,13H,4-8H2,1-3H3;8-9,11H,3-7H2,1-2H3;1H4. The average molecular weight is 700 g/mol. The SMILES string of the molecule is C.CCN(c1cc(Br)cc(C(=O)OC)c1C)C1CCOCC1.COC(=O)c1cc(Br)cc(CC2CCOCC2)c1C. The summed E-state index contributed by atoms with van der Waals surface area (Å²) >= 11 is 6.98. The second-order valence-corrected chi connectivity index (χ2v) is 12.0. The van der Waals surface area contributed by atoms with Crippen molar-refractivity contribution >= 4 is 49.5 Å². The number of esters is 2. The fourth-order valence-corrected chi connectivity index (χ4v) is 6.39. The van der Waals surface area contributed by atoms with E-state index >= 15 is 0 Å². The molecule has 0 aromatic heterocycles. The number of carbonyl (C=O) groups excluding carboxylic acids is 2. The highest BCUT2D eigenvalue weighted by Gasteiger charge is 2.24. The van der Waals surface area contributed by atoms with Gasteiger partial charge in [0.15, 0.2) is 0 Å². The maximum Gasteiger partial charge on any atom is 0.338 e. The van der Waals surface area contributed by atoms with Crippen LogP contribution in [0.5, 0.6) is 0 Å². The van der Waals surface area contributed by atoms with Gasteiger partial charge in [0.2, 0.25) is 0 Å². The van der Waals surface area contributed by atoms with E-state index in [-0.39, 0.29) is 19.4 Å². The summed E-state index contributed by atoms with van der Waals surface area (Å²) in [5, 5.41) is 0. The van der Waals surface area contributed by atoms with Gasteiger partial charge in [0.1, 0.15) is 0 Å². The quantitative estimate of drug-likeness (QED) is 0.275. The van der Waals surface area contributed by atoms with Crippen LogP contribution < -0.4 is 4.90 Å². The van der Waals surface area contributed by atoms with Crippen LogP contribution in [0, 0.1) is 19.8 Å². The Bertz CT molecular complexity index is 1160. The van der Waals surface area contributed by atoms with E-state index in [0.717, 1.165) is 90.8 Å². The zero-order chi connectivity index (χ0) is 29.2. The number of nitrogens with zero attached hydrogens (tertiary/aromatic N) is 1. The first-order valence-corrected chi connectivity index (χ1v) is 15.5. The lowest BCUT2D eigenvalue weighted by molar-refractivity contribution is 0.0590. The van der Waals surface area contributed by atoms with E-state index in [0.29, 0.717) is 23.1 Å². The Kier molecular flexibility index (Phi) is 14.8. The smallest absolute Gasteiger partial charge is 0.338 e. The minimum absolute atomic E-state index is 0. The largest absolute Gasteiger partial charge is 0.465 e. The maximum absolute atomic E-state index is 11.9. The number of ether oxygens (including phenoxy) is 4. The fraction of sp³-hybridized carbons (Fsp3) is 0.562. The van der Waals surface area contributed by atoms with Crippen molar-refractivity contribution in [2.24, 2.45) is 5.92 Å². The molecule has 228 valence electrons. The van der Waals surface area contributed by atoms with Crippen LogP contribution in [0.3, 0.4) is 0 Å². The summed E-state index contributed by atoms with van der Waals surface area (Å²) in [6.07, 6.45) is 5.23. The Morgan fingerprint density at radius 3 is 1.83 bits per heavy atom. The summed E-state index contributed by atoms with van der Waals surface area (Å²) in [7, 11) is 2.83. The molecule has 2 aliphatic rings. The number of halogens is 2. The molecule has 0 radical (unpaired) electrons. The number of hydrogen-bond donors (Lipinski definition) is 0. The molecule has 4 rings (SSSR count). The van der Waals surface area contributed by atoms with Crippen molar-refractivity contribution in [3.63, 3.8) is 0 Å². The maximum atomic E-state index is 11.9. The molecule has 2 aliphatic heterocycles. The number of benzene rings is 2. The summed E-state index contributed by atoms with van der Waals surface area (Å²) in [4.78, 5) is 26.1. The first kappa shape index (κ1) is 35.3. The van der Waals surface area contributed by atoms with Crippen molar-refractivity contribution in [2.45, 2.75) is 66.3 Å². The summed E-state index contributed by atoms with van der Waals surface area (Å²) in [6.45, 7) is 10.3. The molecule has 0 unspecified atom stereocenters. The summed E-state index contributed by atoms with van der Waals surface area (Å²) < 4.78 is 22.4. The lowest BCUT2D eigenvalue weighted by Gasteiger charge is -2.36. The van der Waals surface area contributed by atoms with Gasteiger partial charge in [-0.05, 0) is 99.7 Å². The van der Waals surface area contributed by atoms with Gasteiger partial charge >= 0.3 is 11.9 Å². The van der Waals surface area contributed by atoms with Gasteiger partial charge in [-0.15, -0.1) is 0 Å². The highest BCUT2D eigenvalue weighted by atomic mass is 79.9. The molecule has 41 heavy (non-hydrogen) atoms. The molecule has 2 heterocycles. The van der Waals surface area contributed by atoms with Crippen molar-refractivity contribution in [3.05, 3.63) is 61.0 Å². The Labute approximate surface area is 262 Å². The molecule has 0 aliphatic carbocycles. The third-order valence-corrected chi connectivity index (χ3v) is 8.68. The third kappa shape index (κ3) is 9.53. The molecule has 0 spiro atoms. The normalized spacial score (nSPS) is 15.7. The van der Waals surface area contributed by atoms with Crippen molar-refractivity contribution in [1.82, 2.24) is 0 Å². The predicted octanol–water partition coefficient (Wildman–Crippen LogP) is 7.70. The molecule has 2 aromatic rings. The van der Waals surface area contributed by atoms with Crippen LogP contribution in [0.15, 0.2) is 33.2 Å². The fourth-order valence-electron chi connectivity index (χ4n) is 5.44. The average Bonchev–Trinajstić information content (AvgIpc) is 2.97. The number of carbonyl (C=O) groups is 2. The molecule has 0 N–H and O–H groups in total. The van der Waals surface area contributed by atoms with Gasteiger partial charge in [-0.25, -0.2) is 9.59 Å². The Morgan fingerprint density at radius 2 is 1.32 bits per heavy atom. The van der Waals surface area contributed by atoms with E-state index in [1.807, 2.05) is 26.0 Å². The van der Waals surface area contributed by atoms with Gasteiger partial charge < -0.3 is 23.8 Å². The van der Waals surface area contributed by atoms with Crippen LogP contribution in [0.4, 0.5) is 5.69 Å². The number of methoxy groups -OCH3 is 2. The van der Waals surface area contributed by atoms with E-state index < -0.39 is 0 Å². The molecular weight excluding hydrogens is 654 g/mol. The van der Waals surface area contributed by atoms with E-state index in [1.165, 1.54) is 19.8 Å². The molecule has 0 amide bonds. The first-order chi connectivity index (χ1) is 19.2. The number of hydrogen-bond acceptors (Lipinski definition) is 7. The zero-order valence-corrected chi connectivity index (χ0v) is 27.4. The van der Waals surface area contributed by atoms with Gasteiger partial charge in [0.25, 0.3) is 0 Å². The van der Waals surface area contributed by atoms with Crippen LogP contribution in [0.25, 0.3) is 0 Å². The van der Waals surface area contributed by atoms with Crippen LogP contribution in [0.1, 0.15) is 77.4 Å². The second-order valence-electron chi connectivity index (χ2n) is 10.2. The molecule has 7 nitrogen and oxygen atoms in total. The van der Waals surface area contributed by atoms with Crippen LogP contribution in [-0.2, 0) is 25.4 Å². The van der Waals surface area contributed by atoms with Gasteiger partial charge in [-0.2, -0.15) is 0 Å². The lowest BCUT2D eigenvalue weighted by atomic mass is 9.89. The van der Waals surface area contributed by atoms with Gasteiger partial charge in [-0.1, -0.05) is 39.3 Å². The molecule has 0 atom stereocenters. The monoisotopic (exact) mass is 697 g/mol. The van der Waals surface area contributed by atoms with Crippen molar-refractivity contribution < 1.29 is 28.5 Å². The summed E-state index contributed by atoms with van der Waals surface area (Å²) in [5.74, 6) is 0.0809. The minimum atomic E-state index is -0.293. The molecule has 0 bridgehead atoms.